The zero-order valence-electron chi connectivity index (χ0n) is 16.6. The summed E-state index contributed by atoms with van der Waals surface area (Å²) in [5.41, 5.74) is -0.0728. The van der Waals surface area contributed by atoms with E-state index in [0.717, 1.165) is 6.42 Å². The highest BCUT2D eigenvalue weighted by Crippen LogP contribution is 2.27. The SMILES string of the molecule is C=CC(C)(C)N[C@@H](CC)C(=O)N[C@H](c1nc(C(=O)OC)cs1)[C@@H](C)CC. The monoisotopic (exact) mass is 381 g/mol. The summed E-state index contributed by atoms with van der Waals surface area (Å²) in [6.45, 7) is 13.9. The number of esters is 1. The summed E-state index contributed by atoms with van der Waals surface area (Å²) < 4.78 is 4.72. The molecule has 3 atom stereocenters. The van der Waals surface area contributed by atoms with Gasteiger partial charge in [0, 0.05) is 10.9 Å². The van der Waals surface area contributed by atoms with Crippen LogP contribution in [-0.4, -0.2) is 35.6 Å². The molecule has 1 amide bonds. The smallest absolute Gasteiger partial charge is 0.357 e. The molecular weight excluding hydrogens is 350 g/mol. The average Bonchev–Trinajstić information content (AvgIpc) is 3.12. The van der Waals surface area contributed by atoms with E-state index in [0.29, 0.717) is 11.4 Å². The van der Waals surface area contributed by atoms with Crippen LogP contribution in [0.15, 0.2) is 18.0 Å². The van der Waals surface area contributed by atoms with Crippen LogP contribution in [0.1, 0.15) is 69.0 Å². The lowest BCUT2D eigenvalue weighted by Crippen LogP contribution is -2.52. The molecule has 146 valence electrons. The largest absolute Gasteiger partial charge is 0.464 e. The third-order valence-corrected chi connectivity index (χ3v) is 5.40. The number of hydrogen-bond donors (Lipinski definition) is 2. The van der Waals surface area contributed by atoms with Gasteiger partial charge >= 0.3 is 5.97 Å². The van der Waals surface area contributed by atoms with E-state index in [9.17, 15) is 9.59 Å². The minimum absolute atomic E-state index is 0.0810. The molecule has 6 nitrogen and oxygen atoms in total. The molecule has 0 aromatic carbocycles. The van der Waals surface area contributed by atoms with Crippen molar-refractivity contribution in [3.63, 3.8) is 0 Å². The van der Waals surface area contributed by atoms with Gasteiger partial charge < -0.3 is 10.1 Å². The van der Waals surface area contributed by atoms with Crippen LogP contribution in [0, 0.1) is 5.92 Å². The maximum absolute atomic E-state index is 12.8. The quantitative estimate of drug-likeness (QED) is 0.479. The maximum Gasteiger partial charge on any atom is 0.357 e. The number of methoxy groups -OCH3 is 1. The fourth-order valence-electron chi connectivity index (χ4n) is 2.43. The normalized spacial score (nSPS) is 15.0. The molecule has 0 saturated carbocycles. The van der Waals surface area contributed by atoms with Crippen molar-refractivity contribution >= 4 is 23.2 Å². The Labute approximate surface area is 160 Å². The minimum atomic E-state index is -0.470. The molecule has 0 fully saturated rings. The van der Waals surface area contributed by atoms with Gasteiger partial charge in [-0.3, -0.25) is 10.1 Å². The molecule has 0 aliphatic carbocycles. The van der Waals surface area contributed by atoms with Gasteiger partial charge in [0.25, 0.3) is 0 Å². The van der Waals surface area contributed by atoms with Gasteiger partial charge in [0.1, 0.15) is 5.01 Å². The Hall–Kier alpha value is -1.73. The molecule has 0 radical (unpaired) electrons. The predicted molar refractivity (Wildman–Crippen MR) is 105 cm³/mol. The third kappa shape index (κ3) is 5.92. The third-order valence-electron chi connectivity index (χ3n) is 4.47. The van der Waals surface area contributed by atoms with Crippen molar-refractivity contribution in [3.8, 4) is 0 Å². The summed E-state index contributed by atoms with van der Waals surface area (Å²) in [7, 11) is 1.33. The predicted octanol–water partition coefficient (Wildman–Crippen LogP) is 3.47. The second kappa shape index (κ2) is 9.83. The number of hydrogen-bond acceptors (Lipinski definition) is 6. The molecule has 1 aromatic rings. The highest BCUT2D eigenvalue weighted by Gasteiger charge is 2.29. The van der Waals surface area contributed by atoms with Gasteiger partial charge in [0.15, 0.2) is 5.69 Å². The molecule has 0 aliphatic heterocycles. The summed E-state index contributed by atoms with van der Waals surface area (Å²) in [4.78, 5) is 28.9. The van der Waals surface area contributed by atoms with Crippen LogP contribution in [0.5, 0.6) is 0 Å². The van der Waals surface area contributed by atoms with Crippen LogP contribution < -0.4 is 10.6 Å². The average molecular weight is 382 g/mol. The van der Waals surface area contributed by atoms with E-state index in [1.165, 1.54) is 18.4 Å². The maximum atomic E-state index is 12.8. The zero-order valence-corrected chi connectivity index (χ0v) is 17.4. The molecule has 26 heavy (non-hydrogen) atoms. The molecule has 1 rings (SSSR count). The molecule has 0 spiro atoms. The van der Waals surface area contributed by atoms with Crippen molar-refractivity contribution < 1.29 is 14.3 Å². The van der Waals surface area contributed by atoms with Gasteiger partial charge in [0.05, 0.1) is 19.2 Å². The Kier molecular flexibility index (Phi) is 8.43. The van der Waals surface area contributed by atoms with Crippen molar-refractivity contribution in [1.29, 1.82) is 0 Å². The fraction of sp³-hybridized carbons (Fsp3) is 0.632. The van der Waals surface area contributed by atoms with Crippen molar-refractivity contribution in [2.24, 2.45) is 5.92 Å². The van der Waals surface area contributed by atoms with Crippen LogP contribution in [0.2, 0.25) is 0 Å². The van der Waals surface area contributed by atoms with Gasteiger partial charge in [-0.05, 0) is 26.2 Å². The number of ether oxygens (including phenoxy) is 1. The second-order valence-electron chi connectivity index (χ2n) is 6.97. The van der Waals surface area contributed by atoms with Crippen molar-refractivity contribution in [2.75, 3.05) is 7.11 Å². The summed E-state index contributed by atoms with van der Waals surface area (Å²) >= 11 is 1.36. The molecule has 0 bridgehead atoms. The van der Waals surface area contributed by atoms with E-state index in [1.807, 2.05) is 20.8 Å². The van der Waals surface area contributed by atoms with E-state index in [-0.39, 0.29) is 35.1 Å². The molecule has 2 N–H and O–H groups in total. The molecule has 0 aliphatic rings. The molecule has 1 heterocycles. The topological polar surface area (TPSA) is 80.3 Å². The lowest BCUT2D eigenvalue weighted by atomic mass is 9.98. The van der Waals surface area contributed by atoms with Crippen LogP contribution in [0.3, 0.4) is 0 Å². The fourth-order valence-corrected chi connectivity index (χ4v) is 3.40. The lowest BCUT2D eigenvalue weighted by molar-refractivity contribution is -0.124. The molecular formula is C19H31N3O3S. The van der Waals surface area contributed by atoms with Crippen LogP contribution in [0.4, 0.5) is 0 Å². The summed E-state index contributed by atoms with van der Waals surface area (Å²) in [6, 6.07) is -0.590. The van der Waals surface area contributed by atoms with E-state index in [1.54, 1.807) is 11.5 Å². The lowest BCUT2D eigenvalue weighted by Gasteiger charge is -2.30. The number of nitrogens with zero attached hydrogens (tertiary/aromatic N) is 1. The van der Waals surface area contributed by atoms with Gasteiger partial charge in [-0.15, -0.1) is 17.9 Å². The second-order valence-corrected chi connectivity index (χ2v) is 7.86. The van der Waals surface area contributed by atoms with Crippen molar-refractivity contribution in [2.45, 2.75) is 65.1 Å². The summed E-state index contributed by atoms with van der Waals surface area (Å²) in [6.07, 6.45) is 3.32. The van der Waals surface area contributed by atoms with Gasteiger partial charge in [0.2, 0.25) is 5.91 Å². The number of amides is 1. The number of nitrogens with one attached hydrogen (secondary N) is 2. The number of carbonyl (C=O) groups is 2. The number of aromatic nitrogens is 1. The number of thiazole rings is 1. The summed E-state index contributed by atoms with van der Waals surface area (Å²) in [5, 5.41) is 8.81. The molecule has 1 aromatic heterocycles. The Morgan fingerprint density at radius 2 is 2.04 bits per heavy atom. The molecule has 0 unspecified atom stereocenters. The van der Waals surface area contributed by atoms with Gasteiger partial charge in [-0.1, -0.05) is 33.3 Å². The van der Waals surface area contributed by atoms with E-state index in [4.69, 9.17) is 4.74 Å². The Morgan fingerprint density at radius 3 is 2.54 bits per heavy atom. The van der Waals surface area contributed by atoms with Crippen LogP contribution in [0.25, 0.3) is 0 Å². The first-order valence-electron chi connectivity index (χ1n) is 8.94. The van der Waals surface area contributed by atoms with Crippen molar-refractivity contribution in [1.82, 2.24) is 15.6 Å². The van der Waals surface area contributed by atoms with Crippen LogP contribution in [-0.2, 0) is 9.53 Å². The standard InChI is InChI=1S/C19H31N3O3S/c1-8-12(4)15(17-20-14(11-26-17)18(24)25-7)21-16(23)13(9-2)22-19(5,6)10-3/h10-13,15,22H,3,8-9H2,1-2,4-7H3,(H,21,23)/t12-,13-,15-/m0/s1. The van der Waals surface area contributed by atoms with E-state index < -0.39 is 5.97 Å². The highest BCUT2D eigenvalue weighted by molar-refractivity contribution is 7.09. The molecule has 0 saturated heterocycles. The van der Waals surface area contributed by atoms with Crippen LogP contribution >= 0.6 is 11.3 Å². The zero-order chi connectivity index (χ0) is 19.9. The van der Waals surface area contributed by atoms with E-state index in [2.05, 4.69) is 36.0 Å². The summed E-state index contributed by atoms with van der Waals surface area (Å²) in [5.74, 6) is -0.370. The van der Waals surface area contributed by atoms with Crippen molar-refractivity contribution in [3.05, 3.63) is 28.7 Å². The Bertz CT molecular complexity index is 627. The molecule has 7 heteroatoms. The first kappa shape index (κ1) is 22.3. The first-order chi connectivity index (χ1) is 12.2. The number of carbonyl (C=O) groups excluding carboxylic acids is 2. The Balaban J connectivity index is 2.99. The Morgan fingerprint density at radius 1 is 1.38 bits per heavy atom. The van der Waals surface area contributed by atoms with Gasteiger partial charge in [-0.2, -0.15) is 0 Å². The first-order valence-corrected chi connectivity index (χ1v) is 9.82. The number of rotatable bonds is 10. The minimum Gasteiger partial charge on any atom is -0.464 e. The van der Waals surface area contributed by atoms with E-state index >= 15 is 0 Å². The van der Waals surface area contributed by atoms with Gasteiger partial charge in [-0.25, -0.2) is 9.78 Å². The highest BCUT2D eigenvalue weighted by atomic mass is 32.1.